The lowest BCUT2D eigenvalue weighted by Gasteiger charge is -2.19. The van der Waals surface area contributed by atoms with Gasteiger partial charge in [0, 0.05) is 43.4 Å². The van der Waals surface area contributed by atoms with Crippen molar-refractivity contribution in [3.05, 3.63) is 90.5 Å². The number of hydrogen-bond donors (Lipinski definition) is 3. The SMILES string of the molecule is O=C(NCc1cccnc1)N[C@@H](Cc1ccccc1)C(=O)Nc1ccncc1. The summed E-state index contributed by atoms with van der Waals surface area (Å²) in [6.07, 6.45) is 6.91. The van der Waals surface area contributed by atoms with Crippen molar-refractivity contribution < 1.29 is 9.59 Å². The highest BCUT2D eigenvalue weighted by Gasteiger charge is 2.21. The summed E-state index contributed by atoms with van der Waals surface area (Å²) in [4.78, 5) is 33.0. The molecule has 0 saturated heterocycles. The van der Waals surface area contributed by atoms with Gasteiger partial charge in [0.2, 0.25) is 5.91 Å². The molecule has 0 aliphatic carbocycles. The summed E-state index contributed by atoms with van der Waals surface area (Å²) in [7, 11) is 0. The molecule has 0 fully saturated rings. The third kappa shape index (κ3) is 5.91. The summed E-state index contributed by atoms with van der Waals surface area (Å²) in [6, 6.07) is 15.4. The van der Waals surface area contributed by atoms with Crippen LogP contribution < -0.4 is 16.0 Å². The Labute approximate surface area is 163 Å². The fourth-order valence-electron chi connectivity index (χ4n) is 2.62. The lowest BCUT2D eigenvalue weighted by Crippen LogP contribution is -2.49. The Morgan fingerprint density at radius 1 is 0.857 bits per heavy atom. The van der Waals surface area contributed by atoms with E-state index in [0.717, 1.165) is 11.1 Å². The maximum atomic E-state index is 12.7. The van der Waals surface area contributed by atoms with Gasteiger partial charge in [0.05, 0.1) is 0 Å². The lowest BCUT2D eigenvalue weighted by molar-refractivity contribution is -0.117. The second kappa shape index (κ2) is 9.82. The number of benzene rings is 1. The van der Waals surface area contributed by atoms with E-state index in [1.165, 1.54) is 0 Å². The molecule has 1 aromatic carbocycles. The normalized spacial score (nSPS) is 11.3. The highest BCUT2D eigenvalue weighted by molar-refractivity contribution is 5.97. The van der Waals surface area contributed by atoms with E-state index in [-0.39, 0.29) is 5.91 Å². The van der Waals surface area contributed by atoms with Crippen molar-refractivity contribution in [3.8, 4) is 0 Å². The number of anilines is 1. The third-order valence-electron chi connectivity index (χ3n) is 4.03. The Kier molecular flexibility index (Phi) is 6.67. The Hall–Kier alpha value is -3.74. The van der Waals surface area contributed by atoms with Gasteiger partial charge in [0.25, 0.3) is 0 Å². The molecule has 2 heterocycles. The van der Waals surface area contributed by atoms with Crippen molar-refractivity contribution in [2.75, 3.05) is 5.32 Å². The molecule has 7 nitrogen and oxygen atoms in total. The van der Waals surface area contributed by atoms with Crippen LogP contribution in [-0.2, 0) is 17.8 Å². The number of hydrogen-bond acceptors (Lipinski definition) is 4. The number of nitrogens with one attached hydrogen (secondary N) is 3. The van der Waals surface area contributed by atoms with E-state index in [2.05, 4.69) is 25.9 Å². The van der Waals surface area contributed by atoms with Gasteiger partial charge in [-0.25, -0.2) is 4.79 Å². The molecule has 0 radical (unpaired) electrons. The molecule has 2 aromatic heterocycles. The first kappa shape index (κ1) is 19.0. The number of pyridine rings is 2. The van der Waals surface area contributed by atoms with Gasteiger partial charge in [-0.1, -0.05) is 36.4 Å². The highest BCUT2D eigenvalue weighted by Crippen LogP contribution is 2.08. The van der Waals surface area contributed by atoms with Crippen LogP contribution in [0.2, 0.25) is 0 Å². The van der Waals surface area contributed by atoms with E-state index in [1.54, 1.807) is 43.0 Å². The van der Waals surface area contributed by atoms with Gasteiger partial charge in [-0.2, -0.15) is 0 Å². The van der Waals surface area contributed by atoms with Gasteiger partial charge in [-0.3, -0.25) is 14.8 Å². The number of rotatable bonds is 7. The fraction of sp³-hybridized carbons (Fsp3) is 0.143. The largest absolute Gasteiger partial charge is 0.334 e. The van der Waals surface area contributed by atoms with Crippen LogP contribution in [0, 0.1) is 0 Å². The fourth-order valence-corrected chi connectivity index (χ4v) is 2.62. The molecule has 3 amide bonds. The smallest absolute Gasteiger partial charge is 0.315 e. The van der Waals surface area contributed by atoms with Crippen molar-refractivity contribution in [2.45, 2.75) is 19.0 Å². The lowest BCUT2D eigenvalue weighted by atomic mass is 10.1. The average Bonchev–Trinajstić information content (AvgIpc) is 2.74. The van der Waals surface area contributed by atoms with Crippen molar-refractivity contribution >= 4 is 17.6 Å². The molecule has 7 heteroatoms. The molecule has 28 heavy (non-hydrogen) atoms. The van der Waals surface area contributed by atoms with Crippen LogP contribution in [0.15, 0.2) is 79.4 Å². The van der Waals surface area contributed by atoms with Crippen molar-refractivity contribution in [1.82, 2.24) is 20.6 Å². The minimum Gasteiger partial charge on any atom is -0.334 e. The second-order valence-electron chi connectivity index (χ2n) is 6.16. The molecule has 0 bridgehead atoms. The first-order chi connectivity index (χ1) is 13.7. The molecule has 1 atom stereocenters. The summed E-state index contributed by atoms with van der Waals surface area (Å²) in [6.45, 7) is 0.323. The number of nitrogens with zero attached hydrogens (tertiary/aromatic N) is 2. The van der Waals surface area contributed by atoms with Gasteiger partial charge < -0.3 is 16.0 Å². The zero-order chi connectivity index (χ0) is 19.6. The maximum Gasteiger partial charge on any atom is 0.315 e. The molecular formula is C21H21N5O2. The zero-order valence-corrected chi connectivity index (χ0v) is 15.2. The Bertz CT molecular complexity index is 888. The van der Waals surface area contributed by atoms with Crippen molar-refractivity contribution in [2.24, 2.45) is 0 Å². The molecule has 0 aliphatic heterocycles. The molecule has 3 aromatic rings. The molecule has 0 saturated carbocycles. The molecular weight excluding hydrogens is 354 g/mol. The van der Waals surface area contributed by atoms with Gasteiger partial charge in [0.1, 0.15) is 6.04 Å². The van der Waals surface area contributed by atoms with E-state index >= 15 is 0 Å². The first-order valence-electron chi connectivity index (χ1n) is 8.89. The Morgan fingerprint density at radius 3 is 2.32 bits per heavy atom. The van der Waals surface area contributed by atoms with E-state index in [1.807, 2.05) is 36.4 Å². The maximum absolute atomic E-state index is 12.7. The molecule has 0 aliphatic rings. The van der Waals surface area contributed by atoms with Crippen LogP contribution in [0.25, 0.3) is 0 Å². The van der Waals surface area contributed by atoms with Gasteiger partial charge in [0.15, 0.2) is 0 Å². The van der Waals surface area contributed by atoms with Crippen LogP contribution in [-0.4, -0.2) is 27.9 Å². The summed E-state index contributed by atoms with van der Waals surface area (Å²) >= 11 is 0. The van der Waals surface area contributed by atoms with E-state index < -0.39 is 12.1 Å². The Morgan fingerprint density at radius 2 is 1.61 bits per heavy atom. The summed E-state index contributed by atoms with van der Waals surface area (Å²) in [5.41, 5.74) is 2.44. The molecule has 3 N–H and O–H groups in total. The van der Waals surface area contributed by atoms with E-state index in [9.17, 15) is 9.59 Å². The van der Waals surface area contributed by atoms with E-state index in [4.69, 9.17) is 0 Å². The second-order valence-corrected chi connectivity index (χ2v) is 6.16. The standard InChI is InChI=1S/C21H21N5O2/c27-20(25-18-8-11-22-12-9-18)19(13-16-5-2-1-3-6-16)26-21(28)24-15-17-7-4-10-23-14-17/h1-12,14,19H,13,15H2,(H,22,25,27)(H2,24,26,28)/t19-/m0/s1. The average molecular weight is 375 g/mol. The third-order valence-corrected chi connectivity index (χ3v) is 4.03. The number of aromatic nitrogens is 2. The summed E-state index contributed by atoms with van der Waals surface area (Å²) < 4.78 is 0. The van der Waals surface area contributed by atoms with Gasteiger partial charge in [-0.15, -0.1) is 0 Å². The van der Waals surface area contributed by atoms with Crippen molar-refractivity contribution in [3.63, 3.8) is 0 Å². The molecule has 0 spiro atoms. The quantitative estimate of drug-likeness (QED) is 0.591. The van der Waals surface area contributed by atoms with Crippen LogP contribution in [0.5, 0.6) is 0 Å². The molecule has 3 rings (SSSR count). The topological polar surface area (TPSA) is 96.0 Å². The predicted octanol–water partition coefficient (Wildman–Crippen LogP) is 2.53. The van der Waals surface area contributed by atoms with Crippen LogP contribution in [0.3, 0.4) is 0 Å². The van der Waals surface area contributed by atoms with Crippen LogP contribution in [0.1, 0.15) is 11.1 Å². The predicted molar refractivity (Wildman–Crippen MR) is 106 cm³/mol. The minimum absolute atomic E-state index is 0.299. The highest BCUT2D eigenvalue weighted by atomic mass is 16.2. The van der Waals surface area contributed by atoms with Crippen LogP contribution in [0.4, 0.5) is 10.5 Å². The number of amides is 3. The molecule has 0 unspecified atom stereocenters. The summed E-state index contributed by atoms with van der Waals surface area (Å²) in [5, 5.41) is 8.32. The number of carbonyl (C=O) groups excluding carboxylic acids is 2. The van der Waals surface area contributed by atoms with Gasteiger partial charge >= 0.3 is 6.03 Å². The molecule has 142 valence electrons. The van der Waals surface area contributed by atoms with Gasteiger partial charge in [-0.05, 0) is 29.3 Å². The first-order valence-corrected chi connectivity index (χ1v) is 8.89. The van der Waals surface area contributed by atoms with Crippen molar-refractivity contribution in [1.29, 1.82) is 0 Å². The van der Waals surface area contributed by atoms with Crippen LogP contribution >= 0.6 is 0 Å². The number of carbonyl (C=O) groups is 2. The number of urea groups is 1. The monoisotopic (exact) mass is 375 g/mol. The van der Waals surface area contributed by atoms with E-state index in [0.29, 0.717) is 18.7 Å². The minimum atomic E-state index is -0.732. The Balaban J connectivity index is 1.64. The summed E-state index contributed by atoms with van der Waals surface area (Å²) in [5.74, 6) is -0.299. The zero-order valence-electron chi connectivity index (χ0n) is 15.2.